The van der Waals surface area contributed by atoms with E-state index in [1.807, 2.05) is 25.1 Å². The Morgan fingerprint density at radius 3 is 2.64 bits per heavy atom. The standard InChI is InChI=1S/C19H20ClNO4/c1-13(15-6-4-8-17(20)10-15)21-18(22)12-25-19(23)16-7-3-5-14(9-16)11-24-2/h3-10,13H,11-12H2,1-2H3,(H,21,22)/t13-/m1/s1. The van der Waals surface area contributed by atoms with Crippen LogP contribution in [-0.2, 0) is 20.9 Å². The average molecular weight is 362 g/mol. The second-order valence-electron chi connectivity index (χ2n) is 5.55. The van der Waals surface area contributed by atoms with Crippen molar-refractivity contribution in [3.63, 3.8) is 0 Å². The van der Waals surface area contributed by atoms with Crippen molar-refractivity contribution in [2.75, 3.05) is 13.7 Å². The number of benzene rings is 2. The van der Waals surface area contributed by atoms with Crippen LogP contribution in [0.4, 0.5) is 0 Å². The van der Waals surface area contributed by atoms with E-state index in [0.717, 1.165) is 11.1 Å². The van der Waals surface area contributed by atoms with E-state index in [2.05, 4.69) is 5.32 Å². The minimum absolute atomic E-state index is 0.241. The van der Waals surface area contributed by atoms with Crippen molar-refractivity contribution >= 4 is 23.5 Å². The smallest absolute Gasteiger partial charge is 0.338 e. The van der Waals surface area contributed by atoms with E-state index in [-0.39, 0.29) is 18.6 Å². The third kappa shape index (κ3) is 5.89. The minimum atomic E-state index is -0.552. The van der Waals surface area contributed by atoms with Crippen LogP contribution in [0.1, 0.15) is 34.5 Å². The van der Waals surface area contributed by atoms with Gasteiger partial charge >= 0.3 is 5.97 Å². The van der Waals surface area contributed by atoms with Crippen LogP contribution in [0.3, 0.4) is 0 Å². The number of carbonyl (C=O) groups is 2. The SMILES string of the molecule is COCc1cccc(C(=O)OCC(=O)N[C@H](C)c2cccc(Cl)c2)c1. The van der Waals surface area contributed by atoms with Gasteiger partial charge in [0.25, 0.3) is 5.91 Å². The lowest BCUT2D eigenvalue weighted by Crippen LogP contribution is -2.31. The molecule has 0 aliphatic rings. The molecule has 0 unspecified atom stereocenters. The lowest BCUT2D eigenvalue weighted by atomic mass is 10.1. The second kappa shape index (κ2) is 9.20. The van der Waals surface area contributed by atoms with Gasteiger partial charge in [0, 0.05) is 12.1 Å². The first kappa shape index (κ1) is 19.0. The molecule has 0 saturated carbocycles. The summed E-state index contributed by atoms with van der Waals surface area (Å²) in [6.45, 7) is 1.89. The Bertz CT molecular complexity index is 748. The van der Waals surface area contributed by atoms with E-state index in [9.17, 15) is 9.59 Å². The largest absolute Gasteiger partial charge is 0.452 e. The molecule has 0 spiro atoms. The molecular weight excluding hydrogens is 342 g/mol. The van der Waals surface area contributed by atoms with Gasteiger partial charge in [-0.05, 0) is 42.3 Å². The summed E-state index contributed by atoms with van der Waals surface area (Å²) in [4.78, 5) is 24.0. The number of carbonyl (C=O) groups excluding carboxylic acids is 2. The van der Waals surface area contributed by atoms with E-state index in [1.165, 1.54) is 0 Å². The van der Waals surface area contributed by atoms with Gasteiger partial charge in [-0.1, -0.05) is 35.9 Å². The summed E-state index contributed by atoms with van der Waals surface area (Å²) in [6, 6.07) is 13.9. The maximum Gasteiger partial charge on any atom is 0.338 e. The van der Waals surface area contributed by atoms with Gasteiger partial charge in [-0.15, -0.1) is 0 Å². The van der Waals surface area contributed by atoms with Crippen LogP contribution in [-0.4, -0.2) is 25.6 Å². The van der Waals surface area contributed by atoms with Crippen LogP contribution in [0.25, 0.3) is 0 Å². The van der Waals surface area contributed by atoms with Gasteiger partial charge in [-0.3, -0.25) is 4.79 Å². The van der Waals surface area contributed by atoms with Gasteiger partial charge in [0.1, 0.15) is 0 Å². The molecule has 2 aromatic carbocycles. The summed E-state index contributed by atoms with van der Waals surface area (Å²) in [7, 11) is 1.58. The van der Waals surface area contributed by atoms with Crippen LogP contribution in [0.2, 0.25) is 5.02 Å². The highest BCUT2D eigenvalue weighted by molar-refractivity contribution is 6.30. The number of methoxy groups -OCH3 is 1. The quantitative estimate of drug-likeness (QED) is 0.766. The molecule has 0 bridgehead atoms. The molecule has 6 heteroatoms. The molecule has 0 radical (unpaired) electrons. The molecule has 0 heterocycles. The molecular formula is C19H20ClNO4. The molecule has 132 valence electrons. The number of ether oxygens (including phenoxy) is 2. The topological polar surface area (TPSA) is 64.6 Å². The summed E-state index contributed by atoms with van der Waals surface area (Å²) in [5.74, 6) is -0.933. The molecule has 5 nitrogen and oxygen atoms in total. The molecule has 0 aliphatic carbocycles. The summed E-state index contributed by atoms with van der Waals surface area (Å²) >= 11 is 5.94. The van der Waals surface area contributed by atoms with E-state index in [0.29, 0.717) is 17.2 Å². The fraction of sp³-hybridized carbons (Fsp3) is 0.263. The molecule has 1 amide bonds. The van der Waals surface area contributed by atoms with Gasteiger partial charge in [-0.2, -0.15) is 0 Å². The summed E-state index contributed by atoms with van der Waals surface area (Å²) in [6.07, 6.45) is 0. The normalized spacial score (nSPS) is 11.6. The van der Waals surface area contributed by atoms with Gasteiger partial charge in [0.05, 0.1) is 18.2 Å². The van der Waals surface area contributed by atoms with Crippen LogP contribution < -0.4 is 5.32 Å². The van der Waals surface area contributed by atoms with Crippen molar-refractivity contribution in [3.05, 3.63) is 70.2 Å². The van der Waals surface area contributed by atoms with Crippen LogP contribution in [0, 0.1) is 0 Å². The Hall–Kier alpha value is -2.37. The monoisotopic (exact) mass is 361 g/mol. The number of halogens is 1. The Kier molecular flexibility index (Phi) is 6.98. The molecule has 25 heavy (non-hydrogen) atoms. The van der Waals surface area contributed by atoms with Gasteiger partial charge in [0.15, 0.2) is 6.61 Å². The van der Waals surface area contributed by atoms with Crippen molar-refractivity contribution in [2.24, 2.45) is 0 Å². The Balaban J connectivity index is 1.87. The molecule has 0 aromatic heterocycles. The third-order valence-corrected chi connectivity index (χ3v) is 3.77. The van der Waals surface area contributed by atoms with Crippen LogP contribution >= 0.6 is 11.6 Å². The number of rotatable bonds is 7. The molecule has 0 fully saturated rings. The van der Waals surface area contributed by atoms with E-state index in [1.54, 1.807) is 37.4 Å². The highest BCUT2D eigenvalue weighted by Gasteiger charge is 2.13. The third-order valence-electron chi connectivity index (χ3n) is 3.53. The van der Waals surface area contributed by atoms with Crippen molar-refractivity contribution < 1.29 is 19.1 Å². The van der Waals surface area contributed by atoms with Crippen molar-refractivity contribution in [3.8, 4) is 0 Å². The number of nitrogens with one attached hydrogen (secondary N) is 1. The average Bonchev–Trinajstić information content (AvgIpc) is 2.60. The zero-order valence-electron chi connectivity index (χ0n) is 14.1. The predicted octanol–water partition coefficient (Wildman–Crippen LogP) is 3.52. The van der Waals surface area contributed by atoms with Crippen molar-refractivity contribution in [1.29, 1.82) is 0 Å². The molecule has 0 aliphatic heterocycles. The Labute approximate surface area is 151 Å². The van der Waals surface area contributed by atoms with Crippen LogP contribution in [0.15, 0.2) is 48.5 Å². The minimum Gasteiger partial charge on any atom is -0.452 e. The highest BCUT2D eigenvalue weighted by Crippen LogP contribution is 2.17. The fourth-order valence-electron chi connectivity index (χ4n) is 2.31. The Morgan fingerprint density at radius 1 is 1.16 bits per heavy atom. The van der Waals surface area contributed by atoms with Gasteiger partial charge < -0.3 is 14.8 Å². The zero-order valence-corrected chi connectivity index (χ0v) is 14.9. The van der Waals surface area contributed by atoms with Crippen LogP contribution in [0.5, 0.6) is 0 Å². The maximum absolute atomic E-state index is 12.0. The molecule has 2 aromatic rings. The van der Waals surface area contributed by atoms with E-state index in [4.69, 9.17) is 21.1 Å². The van der Waals surface area contributed by atoms with Gasteiger partial charge in [0.2, 0.25) is 0 Å². The van der Waals surface area contributed by atoms with Crippen molar-refractivity contribution in [2.45, 2.75) is 19.6 Å². The Morgan fingerprint density at radius 2 is 1.92 bits per heavy atom. The zero-order chi connectivity index (χ0) is 18.2. The number of amides is 1. The first-order valence-corrected chi connectivity index (χ1v) is 8.17. The lowest BCUT2D eigenvalue weighted by molar-refractivity contribution is -0.124. The second-order valence-corrected chi connectivity index (χ2v) is 5.99. The lowest BCUT2D eigenvalue weighted by Gasteiger charge is -2.14. The molecule has 1 atom stereocenters. The summed E-state index contributed by atoms with van der Waals surface area (Å²) < 4.78 is 10.1. The molecule has 1 N–H and O–H groups in total. The molecule has 0 saturated heterocycles. The van der Waals surface area contributed by atoms with Crippen molar-refractivity contribution in [1.82, 2.24) is 5.32 Å². The van der Waals surface area contributed by atoms with E-state index >= 15 is 0 Å². The molecule has 2 rings (SSSR count). The first-order valence-electron chi connectivity index (χ1n) is 7.79. The maximum atomic E-state index is 12.0. The predicted molar refractivity (Wildman–Crippen MR) is 95.4 cm³/mol. The highest BCUT2D eigenvalue weighted by atomic mass is 35.5. The number of hydrogen-bond donors (Lipinski definition) is 1. The number of hydrogen-bond acceptors (Lipinski definition) is 4. The first-order chi connectivity index (χ1) is 12.0. The summed E-state index contributed by atoms with van der Waals surface area (Å²) in [5.41, 5.74) is 2.11. The van der Waals surface area contributed by atoms with E-state index < -0.39 is 5.97 Å². The fourth-order valence-corrected chi connectivity index (χ4v) is 2.51. The number of esters is 1. The summed E-state index contributed by atoms with van der Waals surface area (Å²) in [5, 5.41) is 3.37. The van der Waals surface area contributed by atoms with Gasteiger partial charge in [-0.25, -0.2) is 4.79 Å².